The van der Waals surface area contributed by atoms with Crippen molar-refractivity contribution in [2.24, 2.45) is 11.7 Å². The summed E-state index contributed by atoms with van der Waals surface area (Å²) in [5.41, 5.74) is 5.58. The summed E-state index contributed by atoms with van der Waals surface area (Å²) >= 11 is 0. The lowest BCUT2D eigenvalue weighted by Gasteiger charge is -2.33. The van der Waals surface area contributed by atoms with E-state index in [1.54, 1.807) is 0 Å². The Hall–Kier alpha value is -0.280. The Morgan fingerprint density at radius 2 is 1.81 bits per heavy atom. The Balaban J connectivity index is 0.00000128. The molecule has 2 fully saturated rings. The average molecular weight is 247 g/mol. The standard InChI is InChI=1S/C12H22N2O.ClH/c13-12(7-2-1-3-8-12)11(15)14-9-10-5-4-6-10;/h10H,1-9,13H2,(H,14,15);1H. The first-order valence-corrected chi connectivity index (χ1v) is 6.28. The molecule has 0 saturated heterocycles. The first-order chi connectivity index (χ1) is 7.21. The molecule has 0 heterocycles. The van der Waals surface area contributed by atoms with Crippen molar-refractivity contribution in [1.29, 1.82) is 0 Å². The van der Waals surface area contributed by atoms with E-state index in [9.17, 15) is 4.79 Å². The molecule has 0 aromatic carbocycles. The topological polar surface area (TPSA) is 55.1 Å². The lowest BCUT2D eigenvalue weighted by atomic mass is 9.81. The van der Waals surface area contributed by atoms with Crippen molar-refractivity contribution in [3.63, 3.8) is 0 Å². The van der Waals surface area contributed by atoms with E-state index in [1.165, 1.54) is 25.7 Å². The zero-order chi connectivity index (χ0) is 10.7. The number of nitrogens with one attached hydrogen (secondary N) is 1. The fourth-order valence-corrected chi connectivity index (χ4v) is 2.52. The quantitative estimate of drug-likeness (QED) is 0.800. The molecule has 2 saturated carbocycles. The number of rotatable bonds is 3. The first kappa shape index (κ1) is 13.8. The van der Waals surface area contributed by atoms with E-state index in [1.807, 2.05) is 0 Å². The van der Waals surface area contributed by atoms with Gasteiger partial charge in [-0.1, -0.05) is 25.7 Å². The van der Waals surface area contributed by atoms with Gasteiger partial charge < -0.3 is 11.1 Å². The van der Waals surface area contributed by atoms with Gasteiger partial charge in [-0.05, 0) is 31.6 Å². The van der Waals surface area contributed by atoms with Crippen LogP contribution in [0.2, 0.25) is 0 Å². The Kier molecular flexibility index (Phi) is 5.06. The molecule has 94 valence electrons. The van der Waals surface area contributed by atoms with Crippen LogP contribution >= 0.6 is 12.4 Å². The summed E-state index contributed by atoms with van der Waals surface area (Å²) in [7, 11) is 0. The molecule has 4 heteroatoms. The summed E-state index contributed by atoms with van der Waals surface area (Å²) in [5.74, 6) is 0.815. The molecule has 0 aromatic rings. The van der Waals surface area contributed by atoms with Gasteiger partial charge in [-0.3, -0.25) is 4.79 Å². The summed E-state index contributed by atoms with van der Waals surface area (Å²) < 4.78 is 0. The van der Waals surface area contributed by atoms with E-state index in [4.69, 9.17) is 5.73 Å². The molecule has 0 atom stereocenters. The predicted molar refractivity (Wildman–Crippen MR) is 67.6 cm³/mol. The molecule has 0 unspecified atom stereocenters. The fraction of sp³-hybridized carbons (Fsp3) is 0.917. The van der Waals surface area contributed by atoms with Gasteiger partial charge in [-0.15, -0.1) is 12.4 Å². The van der Waals surface area contributed by atoms with Crippen molar-refractivity contribution in [3.8, 4) is 0 Å². The average Bonchev–Trinajstić information content (AvgIpc) is 2.16. The van der Waals surface area contributed by atoms with Gasteiger partial charge in [0.1, 0.15) is 0 Å². The second-order valence-corrected chi connectivity index (χ2v) is 5.22. The maximum Gasteiger partial charge on any atom is 0.240 e. The summed E-state index contributed by atoms with van der Waals surface area (Å²) in [6.45, 7) is 0.845. The van der Waals surface area contributed by atoms with Gasteiger partial charge in [-0.2, -0.15) is 0 Å². The molecule has 3 nitrogen and oxygen atoms in total. The molecule has 0 spiro atoms. The highest BCUT2D eigenvalue weighted by molar-refractivity contribution is 5.86. The molecule has 3 N–H and O–H groups in total. The van der Waals surface area contributed by atoms with Crippen molar-refractivity contribution >= 4 is 18.3 Å². The van der Waals surface area contributed by atoms with E-state index < -0.39 is 5.54 Å². The highest BCUT2D eigenvalue weighted by atomic mass is 35.5. The minimum absolute atomic E-state index is 0. The fourth-order valence-electron chi connectivity index (χ4n) is 2.52. The van der Waals surface area contributed by atoms with Crippen LogP contribution in [0, 0.1) is 5.92 Å². The molecular formula is C12H23ClN2O. The third-order valence-corrected chi connectivity index (χ3v) is 3.97. The zero-order valence-corrected chi connectivity index (χ0v) is 10.7. The Morgan fingerprint density at radius 3 is 2.31 bits per heavy atom. The van der Waals surface area contributed by atoms with Crippen LogP contribution < -0.4 is 11.1 Å². The van der Waals surface area contributed by atoms with Crippen molar-refractivity contribution in [3.05, 3.63) is 0 Å². The predicted octanol–water partition coefficient (Wildman–Crippen LogP) is 1.99. The SMILES string of the molecule is Cl.NC1(C(=O)NCC2CCC2)CCCCC1. The van der Waals surface area contributed by atoms with Gasteiger partial charge in [0.15, 0.2) is 0 Å². The molecule has 2 rings (SSSR count). The number of nitrogens with two attached hydrogens (primary N) is 1. The second-order valence-electron chi connectivity index (χ2n) is 5.22. The minimum atomic E-state index is -0.554. The summed E-state index contributed by atoms with van der Waals surface area (Å²) in [6, 6.07) is 0. The van der Waals surface area contributed by atoms with Gasteiger partial charge in [0.2, 0.25) is 5.91 Å². The summed E-state index contributed by atoms with van der Waals surface area (Å²) in [5, 5.41) is 3.03. The maximum atomic E-state index is 11.9. The lowest BCUT2D eigenvalue weighted by molar-refractivity contribution is -0.127. The molecule has 2 aliphatic carbocycles. The number of carbonyl (C=O) groups excluding carboxylic acids is 1. The van der Waals surface area contributed by atoms with Crippen molar-refractivity contribution in [2.45, 2.75) is 56.9 Å². The smallest absolute Gasteiger partial charge is 0.240 e. The maximum absolute atomic E-state index is 11.9. The Morgan fingerprint density at radius 1 is 1.19 bits per heavy atom. The molecule has 1 amide bonds. The largest absolute Gasteiger partial charge is 0.354 e. The normalized spacial score (nSPS) is 24.1. The van der Waals surface area contributed by atoms with Crippen LogP contribution in [0.1, 0.15) is 51.4 Å². The van der Waals surface area contributed by atoms with Gasteiger partial charge in [-0.25, -0.2) is 0 Å². The lowest BCUT2D eigenvalue weighted by Crippen LogP contribution is -2.55. The Labute approximate surface area is 104 Å². The minimum Gasteiger partial charge on any atom is -0.354 e. The van der Waals surface area contributed by atoms with Crippen LogP contribution in [-0.4, -0.2) is 18.0 Å². The van der Waals surface area contributed by atoms with Crippen LogP contribution in [0.4, 0.5) is 0 Å². The molecule has 0 radical (unpaired) electrons. The van der Waals surface area contributed by atoms with E-state index in [2.05, 4.69) is 5.32 Å². The monoisotopic (exact) mass is 246 g/mol. The van der Waals surface area contributed by atoms with Gasteiger partial charge in [0, 0.05) is 6.54 Å². The molecular weight excluding hydrogens is 224 g/mol. The number of halogens is 1. The van der Waals surface area contributed by atoms with Crippen LogP contribution in [-0.2, 0) is 4.79 Å². The van der Waals surface area contributed by atoms with E-state index in [-0.39, 0.29) is 18.3 Å². The Bertz CT molecular complexity index is 235. The van der Waals surface area contributed by atoms with Gasteiger partial charge >= 0.3 is 0 Å². The van der Waals surface area contributed by atoms with E-state index >= 15 is 0 Å². The first-order valence-electron chi connectivity index (χ1n) is 6.28. The molecule has 0 bridgehead atoms. The molecule has 0 aromatic heterocycles. The van der Waals surface area contributed by atoms with Crippen molar-refractivity contribution in [2.75, 3.05) is 6.54 Å². The van der Waals surface area contributed by atoms with E-state index in [0.717, 1.165) is 38.1 Å². The van der Waals surface area contributed by atoms with Crippen LogP contribution in [0.25, 0.3) is 0 Å². The third kappa shape index (κ3) is 3.11. The summed E-state index contributed by atoms with van der Waals surface area (Å²) in [4.78, 5) is 11.9. The summed E-state index contributed by atoms with van der Waals surface area (Å²) in [6.07, 6.45) is 9.05. The number of carbonyl (C=O) groups is 1. The van der Waals surface area contributed by atoms with Gasteiger partial charge in [0.05, 0.1) is 5.54 Å². The zero-order valence-electron chi connectivity index (χ0n) is 9.84. The van der Waals surface area contributed by atoms with Crippen molar-refractivity contribution in [1.82, 2.24) is 5.32 Å². The number of hydrogen-bond acceptors (Lipinski definition) is 2. The van der Waals surface area contributed by atoms with Crippen LogP contribution in [0.15, 0.2) is 0 Å². The van der Waals surface area contributed by atoms with Gasteiger partial charge in [0.25, 0.3) is 0 Å². The number of hydrogen-bond donors (Lipinski definition) is 2. The second kappa shape index (κ2) is 5.87. The molecule has 0 aliphatic heterocycles. The highest BCUT2D eigenvalue weighted by Gasteiger charge is 2.35. The number of amides is 1. The highest BCUT2D eigenvalue weighted by Crippen LogP contribution is 2.27. The third-order valence-electron chi connectivity index (χ3n) is 3.97. The molecule has 2 aliphatic rings. The molecule has 16 heavy (non-hydrogen) atoms. The van der Waals surface area contributed by atoms with Crippen molar-refractivity contribution < 1.29 is 4.79 Å². The van der Waals surface area contributed by atoms with Crippen LogP contribution in [0.3, 0.4) is 0 Å². The van der Waals surface area contributed by atoms with Crippen LogP contribution in [0.5, 0.6) is 0 Å². The van der Waals surface area contributed by atoms with E-state index in [0.29, 0.717) is 0 Å².